The number of nitrogens with zero attached hydrogens (tertiary/aromatic N) is 4. The average molecular weight is 576 g/mol. The van der Waals surface area contributed by atoms with Crippen LogP contribution in [-0.4, -0.2) is 62.4 Å². The number of benzene rings is 2. The monoisotopic (exact) mass is 575 g/mol. The molecule has 0 atom stereocenters. The number of rotatable bonds is 8. The van der Waals surface area contributed by atoms with E-state index in [1.807, 2.05) is 25.7 Å². The van der Waals surface area contributed by atoms with Crippen molar-refractivity contribution in [2.45, 2.75) is 26.5 Å². The van der Waals surface area contributed by atoms with E-state index in [4.69, 9.17) is 26.8 Å². The quantitative estimate of drug-likeness (QED) is 0.405. The van der Waals surface area contributed by atoms with Crippen molar-refractivity contribution in [1.29, 1.82) is 0 Å². The molecule has 210 valence electrons. The number of para-hydroxylation sites is 1. The van der Waals surface area contributed by atoms with E-state index in [0.29, 0.717) is 53.1 Å². The Hall–Kier alpha value is -3.28. The minimum atomic E-state index is -3.64. The summed E-state index contributed by atoms with van der Waals surface area (Å²) in [4.78, 5) is 15.5. The zero-order chi connectivity index (χ0) is 28.4. The smallest absolute Gasteiger partial charge is 0.316 e. The van der Waals surface area contributed by atoms with Crippen LogP contribution in [0.25, 0.3) is 5.69 Å². The summed E-state index contributed by atoms with van der Waals surface area (Å²) in [6.07, 6.45) is 1.58. The third-order valence-corrected chi connectivity index (χ3v) is 8.37. The number of nitrogens with two attached hydrogens (primary N) is 1. The summed E-state index contributed by atoms with van der Waals surface area (Å²) in [5.41, 5.74) is 7.35. The number of sulfonamides is 1. The van der Waals surface area contributed by atoms with Gasteiger partial charge in [-0.2, -0.15) is 14.1 Å². The zero-order valence-electron chi connectivity index (χ0n) is 22.6. The fourth-order valence-electron chi connectivity index (χ4n) is 4.26. The number of halogens is 1. The maximum atomic E-state index is 13.5. The highest BCUT2D eigenvalue weighted by atomic mass is 35.5. The van der Waals surface area contributed by atoms with Gasteiger partial charge in [-0.05, 0) is 35.2 Å². The van der Waals surface area contributed by atoms with Crippen LogP contribution in [0, 0.1) is 5.41 Å². The topological polar surface area (TPSA) is 120 Å². The molecule has 2 N–H and O–H groups in total. The molecule has 0 radical (unpaired) electrons. The van der Waals surface area contributed by atoms with Crippen LogP contribution in [0.3, 0.4) is 0 Å². The van der Waals surface area contributed by atoms with Crippen molar-refractivity contribution in [3.8, 4) is 17.2 Å². The van der Waals surface area contributed by atoms with Gasteiger partial charge in [0.05, 0.1) is 37.0 Å². The molecule has 4 rings (SSSR count). The molecule has 39 heavy (non-hydrogen) atoms. The molecule has 0 amide bonds. The lowest BCUT2D eigenvalue weighted by atomic mass is 9.99. The van der Waals surface area contributed by atoms with Crippen LogP contribution in [0.1, 0.15) is 26.3 Å². The first-order chi connectivity index (χ1) is 18.4. The van der Waals surface area contributed by atoms with Crippen LogP contribution in [0.5, 0.6) is 11.5 Å². The van der Waals surface area contributed by atoms with Crippen molar-refractivity contribution in [3.63, 3.8) is 0 Å². The van der Waals surface area contributed by atoms with Crippen molar-refractivity contribution in [2.75, 3.05) is 50.5 Å². The average Bonchev–Trinajstić information content (AvgIpc) is 2.88. The minimum absolute atomic E-state index is 0.167. The Morgan fingerprint density at radius 3 is 2.41 bits per heavy atom. The first-order valence-electron chi connectivity index (χ1n) is 12.5. The summed E-state index contributed by atoms with van der Waals surface area (Å²) in [5, 5.41) is 4.87. The number of nitrogen functional groups attached to an aromatic ring is 1. The lowest BCUT2D eigenvalue weighted by molar-refractivity contribution is 0.195. The molecule has 1 fully saturated rings. The van der Waals surface area contributed by atoms with Crippen molar-refractivity contribution in [2.24, 2.45) is 5.41 Å². The van der Waals surface area contributed by atoms with Gasteiger partial charge in [-0.1, -0.05) is 50.6 Å². The Balaban J connectivity index is 1.57. The molecule has 1 aromatic heterocycles. The Kier molecular flexibility index (Phi) is 8.43. The predicted molar refractivity (Wildman–Crippen MR) is 154 cm³/mol. The van der Waals surface area contributed by atoms with E-state index in [9.17, 15) is 13.2 Å². The van der Waals surface area contributed by atoms with E-state index in [1.54, 1.807) is 48.7 Å². The van der Waals surface area contributed by atoms with Gasteiger partial charge in [0.2, 0.25) is 15.8 Å². The molecule has 10 nitrogen and oxygen atoms in total. The molecule has 1 aliphatic heterocycles. The maximum Gasteiger partial charge on any atom is 0.316 e. The lowest BCUT2D eigenvalue weighted by Gasteiger charge is -2.36. The van der Waals surface area contributed by atoms with Crippen molar-refractivity contribution < 1.29 is 17.9 Å². The molecule has 1 aliphatic rings. The first kappa shape index (κ1) is 28.7. The van der Waals surface area contributed by atoms with E-state index in [-0.39, 0.29) is 30.0 Å². The lowest BCUT2D eigenvalue weighted by Crippen LogP contribution is -2.49. The van der Waals surface area contributed by atoms with E-state index in [2.05, 4.69) is 5.10 Å². The highest BCUT2D eigenvalue weighted by Crippen LogP contribution is 2.30. The van der Waals surface area contributed by atoms with E-state index < -0.39 is 15.6 Å². The van der Waals surface area contributed by atoms with Gasteiger partial charge in [-0.3, -0.25) is 4.79 Å². The van der Waals surface area contributed by atoms with Crippen LogP contribution < -0.4 is 25.7 Å². The van der Waals surface area contributed by atoms with Gasteiger partial charge in [0.1, 0.15) is 11.4 Å². The summed E-state index contributed by atoms with van der Waals surface area (Å²) in [6, 6.07) is 12.0. The molecule has 1 saturated heterocycles. The highest BCUT2D eigenvalue weighted by molar-refractivity contribution is 7.88. The van der Waals surface area contributed by atoms with Gasteiger partial charge in [-0.25, -0.2) is 8.42 Å². The first-order valence-corrected chi connectivity index (χ1v) is 14.5. The molecular formula is C27H34ClN5O5S. The van der Waals surface area contributed by atoms with Crippen LogP contribution >= 0.6 is 11.6 Å². The van der Waals surface area contributed by atoms with Gasteiger partial charge in [-0.15, -0.1) is 0 Å². The molecular weight excluding hydrogens is 542 g/mol. The molecule has 2 aromatic carbocycles. The minimum Gasteiger partial charge on any atom is -0.495 e. The Morgan fingerprint density at radius 1 is 1.08 bits per heavy atom. The normalized spacial score (nSPS) is 14.8. The summed E-state index contributed by atoms with van der Waals surface area (Å²) < 4.78 is 40.4. The van der Waals surface area contributed by atoms with Gasteiger partial charge >= 0.3 is 5.56 Å². The Morgan fingerprint density at radius 2 is 1.77 bits per heavy atom. The molecule has 3 aromatic rings. The summed E-state index contributed by atoms with van der Waals surface area (Å²) in [7, 11) is -2.15. The molecule has 2 heterocycles. The SMILES string of the molecule is COc1cccc(CS(=O)(=O)N2CCN(c3cnn(-c4cccc(Cl)c4)c(=O)c3OCC(C)(C)C)CC2)c1N. The fraction of sp³-hybridized carbons (Fsp3) is 0.407. The highest BCUT2D eigenvalue weighted by Gasteiger charge is 2.30. The van der Waals surface area contributed by atoms with Gasteiger partial charge in [0.25, 0.3) is 0 Å². The summed E-state index contributed by atoms with van der Waals surface area (Å²) in [5.74, 6) is 0.378. The van der Waals surface area contributed by atoms with Crippen LogP contribution in [-0.2, 0) is 15.8 Å². The second-order valence-electron chi connectivity index (χ2n) is 10.6. The van der Waals surface area contributed by atoms with Crippen molar-refractivity contribution >= 4 is 33.0 Å². The second kappa shape index (κ2) is 11.4. The second-order valence-corrected chi connectivity index (χ2v) is 13.0. The Labute approximate surface area is 233 Å². The molecule has 0 unspecified atom stereocenters. The number of ether oxygens (including phenoxy) is 2. The molecule has 0 bridgehead atoms. The number of aromatic nitrogens is 2. The largest absolute Gasteiger partial charge is 0.495 e. The van der Waals surface area contributed by atoms with E-state index in [1.165, 1.54) is 16.1 Å². The molecule has 12 heteroatoms. The summed E-state index contributed by atoms with van der Waals surface area (Å²) >= 11 is 6.14. The van der Waals surface area contributed by atoms with Crippen LogP contribution in [0.2, 0.25) is 5.02 Å². The van der Waals surface area contributed by atoms with Gasteiger partial charge in [0.15, 0.2) is 0 Å². The Bertz CT molecular complexity index is 1500. The van der Waals surface area contributed by atoms with Crippen LogP contribution in [0.15, 0.2) is 53.5 Å². The standard InChI is InChI=1S/C27H34ClN5O5S/c1-27(2,3)18-38-25-22(16-30-33(26(25)34)21-9-6-8-20(28)15-21)31-11-13-32(14-12-31)39(35,36)17-19-7-5-10-23(37-4)24(19)29/h5-10,15-16H,11-14,17-18,29H2,1-4H3. The maximum absolute atomic E-state index is 13.5. The number of methoxy groups -OCH3 is 1. The van der Waals surface area contributed by atoms with Crippen molar-refractivity contribution in [3.05, 3.63) is 69.6 Å². The number of anilines is 2. The molecule has 0 saturated carbocycles. The van der Waals surface area contributed by atoms with Crippen molar-refractivity contribution in [1.82, 2.24) is 14.1 Å². The predicted octanol–water partition coefficient (Wildman–Crippen LogP) is 3.55. The summed E-state index contributed by atoms with van der Waals surface area (Å²) in [6.45, 7) is 7.56. The number of hydrogen-bond acceptors (Lipinski definition) is 8. The van der Waals surface area contributed by atoms with Gasteiger partial charge < -0.3 is 20.1 Å². The molecule has 0 spiro atoms. The molecule has 0 aliphatic carbocycles. The van der Waals surface area contributed by atoms with Gasteiger partial charge in [0, 0.05) is 31.2 Å². The third-order valence-electron chi connectivity index (χ3n) is 6.30. The van der Waals surface area contributed by atoms with E-state index in [0.717, 1.165) is 0 Å². The number of hydrogen-bond donors (Lipinski definition) is 1. The van der Waals surface area contributed by atoms with E-state index >= 15 is 0 Å². The zero-order valence-corrected chi connectivity index (χ0v) is 24.1. The van der Waals surface area contributed by atoms with Crippen LogP contribution in [0.4, 0.5) is 11.4 Å². The third kappa shape index (κ3) is 6.66. The fourth-order valence-corrected chi connectivity index (χ4v) is 5.99. The number of piperazine rings is 1.